The number of hydrogen-bond donors (Lipinski definition) is 1. The Balaban J connectivity index is 2.09. The lowest BCUT2D eigenvalue weighted by Gasteiger charge is -2.10. The van der Waals surface area contributed by atoms with Crippen molar-refractivity contribution in [1.82, 2.24) is 0 Å². The molecule has 0 bridgehead atoms. The lowest BCUT2D eigenvalue weighted by Crippen LogP contribution is -2.00. The molecular weight excluding hydrogens is 249 g/mol. The van der Waals surface area contributed by atoms with E-state index in [9.17, 15) is 4.39 Å². The summed E-state index contributed by atoms with van der Waals surface area (Å²) in [6.45, 7) is 4.39. The summed E-state index contributed by atoms with van der Waals surface area (Å²) in [7, 11) is 0. The van der Waals surface area contributed by atoms with Gasteiger partial charge >= 0.3 is 0 Å². The first-order valence-electron chi connectivity index (χ1n) is 5.81. The molecule has 3 heteroatoms. The highest BCUT2D eigenvalue weighted by Crippen LogP contribution is 2.23. The molecule has 1 nitrogen and oxygen atoms in total. The smallest absolute Gasteiger partial charge is 0.126 e. The Morgan fingerprint density at radius 2 is 1.89 bits per heavy atom. The fraction of sp³-hybridized carbons (Fsp3) is 0.200. The Morgan fingerprint density at radius 1 is 1.11 bits per heavy atom. The van der Waals surface area contributed by atoms with Gasteiger partial charge in [-0.2, -0.15) is 0 Å². The molecule has 0 saturated heterocycles. The first-order chi connectivity index (χ1) is 8.56. The molecule has 0 aromatic heterocycles. The van der Waals surface area contributed by atoms with Gasteiger partial charge in [0.05, 0.1) is 10.7 Å². The fourth-order valence-corrected chi connectivity index (χ4v) is 2.08. The van der Waals surface area contributed by atoms with Gasteiger partial charge in [0.25, 0.3) is 0 Å². The third kappa shape index (κ3) is 3.02. The second kappa shape index (κ2) is 5.40. The molecule has 0 amide bonds. The Morgan fingerprint density at radius 3 is 2.56 bits per heavy atom. The van der Waals surface area contributed by atoms with E-state index in [1.165, 1.54) is 6.07 Å². The molecule has 0 radical (unpaired) electrons. The Kier molecular flexibility index (Phi) is 3.87. The molecule has 0 aliphatic carbocycles. The monoisotopic (exact) mass is 263 g/mol. The average Bonchev–Trinajstić information content (AvgIpc) is 2.32. The molecule has 18 heavy (non-hydrogen) atoms. The second-order valence-electron chi connectivity index (χ2n) is 4.42. The van der Waals surface area contributed by atoms with Crippen molar-refractivity contribution in [3.8, 4) is 0 Å². The number of halogens is 2. The minimum Gasteiger partial charge on any atom is -0.380 e. The lowest BCUT2D eigenvalue weighted by molar-refractivity contribution is 0.617. The van der Waals surface area contributed by atoms with Gasteiger partial charge in [0, 0.05) is 6.54 Å². The molecule has 2 aromatic rings. The summed E-state index contributed by atoms with van der Waals surface area (Å²) in [6, 6.07) is 11.0. The maximum absolute atomic E-state index is 13.1. The van der Waals surface area contributed by atoms with E-state index < -0.39 is 0 Å². The zero-order valence-corrected chi connectivity index (χ0v) is 11.2. The second-order valence-corrected chi connectivity index (χ2v) is 4.83. The number of hydrogen-bond acceptors (Lipinski definition) is 1. The number of rotatable bonds is 3. The molecule has 0 spiro atoms. The maximum atomic E-state index is 13.1. The van der Waals surface area contributed by atoms with Gasteiger partial charge < -0.3 is 5.32 Å². The highest BCUT2D eigenvalue weighted by molar-refractivity contribution is 6.33. The number of aryl methyl sites for hydroxylation is 2. The Hall–Kier alpha value is -1.54. The number of anilines is 1. The third-order valence-corrected chi connectivity index (χ3v) is 3.14. The summed E-state index contributed by atoms with van der Waals surface area (Å²) in [5.74, 6) is -0.174. The molecule has 2 rings (SSSR count). The normalized spacial score (nSPS) is 10.4. The molecular formula is C15H15ClFN. The highest BCUT2D eigenvalue weighted by atomic mass is 35.5. The van der Waals surface area contributed by atoms with Crippen LogP contribution in [-0.4, -0.2) is 0 Å². The standard InChI is InChI=1S/C15H15ClFN/c1-10-3-6-15(13(16)7-10)18-9-12-4-5-14(17)11(2)8-12/h3-8,18H,9H2,1-2H3. The molecule has 94 valence electrons. The van der Waals surface area contributed by atoms with E-state index in [0.717, 1.165) is 16.8 Å². The summed E-state index contributed by atoms with van der Waals surface area (Å²) in [5, 5.41) is 3.95. The van der Waals surface area contributed by atoms with Gasteiger partial charge in [0.1, 0.15) is 5.82 Å². The molecule has 0 heterocycles. The van der Waals surface area contributed by atoms with Crippen molar-refractivity contribution in [3.63, 3.8) is 0 Å². The van der Waals surface area contributed by atoms with Crippen LogP contribution in [0, 0.1) is 19.7 Å². The van der Waals surface area contributed by atoms with Crippen LogP contribution in [0.3, 0.4) is 0 Å². The predicted molar refractivity (Wildman–Crippen MR) is 74.7 cm³/mol. The van der Waals surface area contributed by atoms with Crippen molar-refractivity contribution in [3.05, 3.63) is 63.9 Å². The Bertz CT molecular complexity index is 566. The van der Waals surface area contributed by atoms with Crippen LogP contribution in [0.4, 0.5) is 10.1 Å². The van der Waals surface area contributed by atoms with E-state index in [-0.39, 0.29) is 5.82 Å². The van der Waals surface area contributed by atoms with Crippen molar-refractivity contribution < 1.29 is 4.39 Å². The molecule has 0 saturated carbocycles. The molecule has 1 N–H and O–H groups in total. The quantitative estimate of drug-likeness (QED) is 0.846. The van der Waals surface area contributed by atoms with E-state index in [0.29, 0.717) is 17.1 Å². The molecule has 0 aliphatic rings. The molecule has 2 aromatic carbocycles. The van der Waals surface area contributed by atoms with Gasteiger partial charge in [-0.1, -0.05) is 29.8 Å². The average molecular weight is 264 g/mol. The third-order valence-electron chi connectivity index (χ3n) is 2.83. The predicted octanol–water partition coefficient (Wildman–Crippen LogP) is 4.71. The summed E-state index contributed by atoms with van der Waals surface area (Å²) in [4.78, 5) is 0. The SMILES string of the molecule is Cc1ccc(NCc2ccc(F)c(C)c2)c(Cl)c1. The zero-order chi connectivity index (χ0) is 13.1. The summed E-state index contributed by atoms with van der Waals surface area (Å²) in [5.41, 5.74) is 3.71. The summed E-state index contributed by atoms with van der Waals surface area (Å²) < 4.78 is 13.1. The summed E-state index contributed by atoms with van der Waals surface area (Å²) >= 11 is 6.13. The van der Waals surface area contributed by atoms with Crippen molar-refractivity contribution >= 4 is 17.3 Å². The topological polar surface area (TPSA) is 12.0 Å². The van der Waals surface area contributed by atoms with E-state index in [1.807, 2.05) is 31.2 Å². The minimum atomic E-state index is -0.174. The zero-order valence-electron chi connectivity index (χ0n) is 10.4. The maximum Gasteiger partial charge on any atom is 0.126 e. The fourth-order valence-electron chi connectivity index (χ4n) is 1.78. The van der Waals surface area contributed by atoms with Gasteiger partial charge in [-0.3, -0.25) is 0 Å². The number of nitrogens with one attached hydrogen (secondary N) is 1. The first-order valence-corrected chi connectivity index (χ1v) is 6.19. The van der Waals surface area contributed by atoms with Crippen LogP contribution < -0.4 is 5.32 Å². The van der Waals surface area contributed by atoms with Gasteiger partial charge in [0.2, 0.25) is 0 Å². The van der Waals surface area contributed by atoms with E-state index in [2.05, 4.69) is 5.32 Å². The van der Waals surface area contributed by atoms with Crippen molar-refractivity contribution in [1.29, 1.82) is 0 Å². The Labute approximate surface area is 112 Å². The molecule has 0 atom stereocenters. The van der Waals surface area contributed by atoms with Crippen LogP contribution in [-0.2, 0) is 6.54 Å². The van der Waals surface area contributed by atoms with Crippen molar-refractivity contribution in [2.45, 2.75) is 20.4 Å². The van der Waals surface area contributed by atoms with Crippen LogP contribution >= 0.6 is 11.6 Å². The van der Waals surface area contributed by atoms with E-state index in [4.69, 9.17) is 11.6 Å². The van der Waals surface area contributed by atoms with E-state index >= 15 is 0 Å². The van der Waals surface area contributed by atoms with Crippen LogP contribution in [0.1, 0.15) is 16.7 Å². The van der Waals surface area contributed by atoms with Crippen molar-refractivity contribution in [2.75, 3.05) is 5.32 Å². The van der Waals surface area contributed by atoms with Crippen molar-refractivity contribution in [2.24, 2.45) is 0 Å². The van der Waals surface area contributed by atoms with Gasteiger partial charge in [-0.25, -0.2) is 4.39 Å². The minimum absolute atomic E-state index is 0.174. The molecule has 0 unspecified atom stereocenters. The summed E-state index contributed by atoms with van der Waals surface area (Å²) in [6.07, 6.45) is 0. The van der Waals surface area contributed by atoms with Gasteiger partial charge in [0.15, 0.2) is 0 Å². The van der Waals surface area contributed by atoms with Gasteiger partial charge in [-0.05, 0) is 48.7 Å². The highest BCUT2D eigenvalue weighted by Gasteiger charge is 2.02. The van der Waals surface area contributed by atoms with E-state index in [1.54, 1.807) is 13.0 Å². The lowest BCUT2D eigenvalue weighted by atomic mass is 10.1. The van der Waals surface area contributed by atoms with Gasteiger partial charge in [-0.15, -0.1) is 0 Å². The largest absolute Gasteiger partial charge is 0.380 e. The van der Waals surface area contributed by atoms with Crippen LogP contribution in [0.15, 0.2) is 36.4 Å². The van der Waals surface area contributed by atoms with Crippen LogP contribution in [0.5, 0.6) is 0 Å². The van der Waals surface area contributed by atoms with Crippen LogP contribution in [0.2, 0.25) is 5.02 Å². The van der Waals surface area contributed by atoms with Crippen LogP contribution in [0.25, 0.3) is 0 Å². The molecule has 0 aliphatic heterocycles. The molecule has 0 fully saturated rings. The number of benzene rings is 2. The first kappa shape index (κ1) is 12.9.